The number of hydrogen-bond donors (Lipinski definition) is 2. The Hall–Kier alpha value is -1.35. The van der Waals surface area contributed by atoms with Gasteiger partial charge < -0.3 is 0 Å². The van der Waals surface area contributed by atoms with Gasteiger partial charge in [0.2, 0.25) is 0 Å². The molecule has 0 bridgehead atoms. The molecule has 0 saturated carbocycles. The van der Waals surface area contributed by atoms with Crippen LogP contribution in [0, 0.1) is 0 Å². The molecule has 0 aliphatic heterocycles. The van der Waals surface area contributed by atoms with Crippen LogP contribution in [0.25, 0.3) is 10.8 Å². The molecule has 3 N–H and O–H groups in total. The van der Waals surface area contributed by atoms with Crippen molar-refractivity contribution in [3.8, 4) is 0 Å². The number of amidine groups is 1. The molecule has 0 unspecified atom stereocenters. The Labute approximate surface area is 96.2 Å². The van der Waals surface area contributed by atoms with Gasteiger partial charge in [0, 0.05) is 0 Å². The molecule has 0 aromatic heterocycles. The summed E-state index contributed by atoms with van der Waals surface area (Å²) in [6.07, 6.45) is 0. The van der Waals surface area contributed by atoms with Crippen LogP contribution in [0.15, 0.2) is 47.5 Å². The zero-order valence-electron chi connectivity index (χ0n) is 7.97. The number of benzene rings is 2. The van der Waals surface area contributed by atoms with Gasteiger partial charge in [0.1, 0.15) is 0 Å². The summed E-state index contributed by atoms with van der Waals surface area (Å²) in [6, 6.07) is 14.1. The van der Waals surface area contributed by atoms with Gasteiger partial charge in [-0.2, -0.15) is 0 Å². The van der Waals surface area contributed by atoms with E-state index in [2.05, 4.69) is 38.6 Å². The van der Waals surface area contributed by atoms with Gasteiger partial charge in [-0.3, -0.25) is 0 Å². The first-order valence-electron chi connectivity index (χ1n) is 4.51. The van der Waals surface area contributed by atoms with Crippen LogP contribution < -0.4 is 11.3 Å². The minimum atomic E-state index is 0.575. The topological polar surface area (TPSA) is 50.4 Å². The first-order chi connectivity index (χ1) is 7.31. The summed E-state index contributed by atoms with van der Waals surface area (Å²) in [4.78, 5) is 4.33. The van der Waals surface area contributed by atoms with Crippen LogP contribution in [-0.2, 0) is 0 Å². The van der Waals surface area contributed by atoms with Crippen LogP contribution in [-0.4, -0.2) is 20.7 Å². The second kappa shape index (κ2) is 4.45. The van der Waals surface area contributed by atoms with E-state index in [9.17, 15) is 0 Å². The van der Waals surface area contributed by atoms with Crippen molar-refractivity contribution < 1.29 is 0 Å². The molecular formula is C11H10N3Se. The van der Waals surface area contributed by atoms with Crippen LogP contribution in [0.2, 0.25) is 0 Å². The summed E-state index contributed by atoms with van der Waals surface area (Å²) in [5.74, 6) is 5.25. The first kappa shape index (κ1) is 10.2. The first-order valence-corrected chi connectivity index (χ1v) is 5.37. The average Bonchev–Trinajstić information content (AvgIpc) is 2.29. The van der Waals surface area contributed by atoms with Gasteiger partial charge in [-0.05, 0) is 0 Å². The van der Waals surface area contributed by atoms with Gasteiger partial charge in [-0.25, -0.2) is 0 Å². The van der Waals surface area contributed by atoms with Crippen LogP contribution >= 0.6 is 0 Å². The monoisotopic (exact) mass is 264 g/mol. The number of nitrogens with zero attached hydrogens (tertiary/aromatic N) is 1. The number of nitrogens with two attached hydrogens (primary N) is 1. The van der Waals surface area contributed by atoms with Crippen molar-refractivity contribution in [1.82, 2.24) is 5.43 Å². The molecule has 0 aliphatic carbocycles. The Balaban J connectivity index is 2.61. The summed E-state index contributed by atoms with van der Waals surface area (Å²) in [7, 11) is 0. The normalized spacial score (nSPS) is 11.7. The fraction of sp³-hybridized carbons (Fsp3) is 0. The summed E-state index contributed by atoms with van der Waals surface area (Å²) >= 11 is 2.75. The van der Waals surface area contributed by atoms with E-state index in [-0.39, 0.29) is 0 Å². The van der Waals surface area contributed by atoms with Gasteiger partial charge in [0.05, 0.1) is 0 Å². The Morgan fingerprint density at radius 3 is 2.67 bits per heavy atom. The summed E-state index contributed by atoms with van der Waals surface area (Å²) in [6.45, 7) is 0. The van der Waals surface area contributed by atoms with E-state index in [1.165, 1.54) is 5.39 Å². The van der Waals surface area contributed by atoms with Crippen molar-refractivity contribution >= 4 is 37.2 Å². The quantitative estimate of drug-likeness (QED) is 0.269. The number of rotatable bonds is 1. The third-order valence-corrected chi connectivity index (χ3v) is 2.55. The second-order valence-corrected chi connectivity index (χ2v) is 3.87. The third-order valence-electron chi connectivity index (χ3n) is 2.11. The van der Waals surface area contributed by atoms with E-state index in [0.29, 0.717) is 4.73 Å². The predicted octanol–water partition coefficient (Wildman–Crippen LogP) is 1.46. The molecule has 2 rings (SSSR count). The molecule has 0 heterocycles. The molecule has 2 aromatic rings. The molecule has 4 heteroatoms. The van der Waals surface area contributed by atoms with Gasteiger partial charge in [0.25, 0.3) is 0 Å². The van der Waals surface area contributed by atoms with Gasteiger partial charge in [0.15, 0.2) is 0 Å². The van der Waals surface area contributed by atoms with Crippen molar-refractivity contribution in [3.63, 3.8) is 0 Å². The molecule has 0 saturated heterocycles. The van der Waals surface area contributed by atoms with E-state index < -0.39 is 0 Å². The Bertz CT molecular complexity index is 503. The zero-order valence-corrected chi connectivity index (χ0v) is 9.69. The number of hydrazine groups is 1. The molecule has 1 radical (unpaired) electrons. The van der Waals surface area contributed by atoms with Crippen molar-refractivity contribution in [1.29, 1.82) is 0 Å². The summed E-state index contributed by atoms with van der Waals surface area (Å²) in [5, 5.41) is 2.28. The van der Waals surface area contributed by atoms with E-state index in [1.54, 1.807) is 0 Å². The van der Waals surface area contributed by atoms with E-state index in [4.69, 9.17) is 5.84 Å². The fourth-order valence-corrected chi connectivity index (χ4v) is 1.65. The van der Waals surface area contributed by atoms with Crippen LogP contribution in [0.1, 0.15) is 0 Å². The van der Waals surface area contributed by atoms with Gasteiger partial charge >= 0.3 is 95.9 Å². The predicted molar refractivity (Wildman–Crippen MR) is 64.1 cm³/mol. The number of fused-ring (bicyclic) bond motifs is 1. The van der Waals surface area contributed by atoms with Crippen molar-refractivity contribution in [2.45, 2.75) is 0 Å². The van der Waals surface area contributed by atoms with Crippen molar-refractivity contribution in [2.24, 2.45) is 10.8 Å². The number of nitrogens with one attached hydrogen (secondary N) is 1. The molecule has 0 fully saturated rings. The second-order valence-electron chi connectivity index (χ2n) is 3.06. The van der Waals surface area contributed by atoms with Gasteiger partial charge in [-0.1, -0.05) is 0 Å². The van der Waals surface area contributed by atoms with E-state index in [0.717, 1.165) is 11.1 Å². The minimum absolute atomic E-state index is 0.575. The van der Waals surface area contributed by atoms with Crippen LogP contribution in [0.4, 0.5) is 5.69 Å². The van der Waals surface area contributed by atoms with E-state index >= 15 is 0 Å². The van der Waals surface area contributed by atoms with Crippen molar-refractivity contribution in [2.75, 3.05) is 0 Å². The third kappa shape index (κ3) is 2.18. The standard InChI is InChI=1S/C11H10N3Se/c12-14-11(15)13-10-7-3-5-8-4-1-2-6-9(8)10/h1-7H,12H2,(H,13,14). The average molecular weight is 263 g/mol. The maximum absolute atomic E-state index is 5.25. The van der Waals surface area contributed by atoms with E-state index in [1.807, 2.05) is 30.3 Å². The molecule has 2 aromatic carbocycles. The SMILES string of the molecule is NNC([Se])=Nc1cccc2ccccc12. The molecule has 0 amide bonds. The van der Waals surface area contributed by atoms with Crippen LogP contribution in [0.5, 0.6) is 0 Å². The molecule has 0 spiro atoms. The molecule has 3 nitrogen and oxygen atoms in total. The van der Waals surface area contributed by atoms with Crippen LogP contribution in [0.3, 0.4) is 0 Å². The fourth-order valence-electron chi connectivity index (χ4n) is 1.45. The molecule has 0 aliphatic rings. The number of aliphatic imine (C=N–C) groups is 1. The molecular weight excluding hydrogens is 253 g/mol. The summed E-state index contributed by atoms with van der Waals surface area (Å²) < 4.78 is 0.575. The zero-order chi connectivity index (χ0) is 10.7. The Morgan fingerprint density at radius 2 is 1.87 bits per heavy atom. The maximum atomic E-state index is 5.25. The van der Waals surface area contributed by atoms with Crippen molar-refractivity contribution in [3.05, 3.63) is 42.5 Å². The van der Waals surface area contributed by atoms with Gasteiger partial charge in [-0.15, -0.1) is 0 Å². The molecule has 15 heavy (non-hydrogen) atoms. The molecule has 75 valence electrons. The Kier molecular flexibility index (Phi) is 3.02. The number of hydrogen-bond acceptors (Lipinski definition) is 2. The molecule has 0 atom stereocenters. The Morgan fingerprint density at radius 1 is 1.13 bits per heavy atom. The summed E-state index contributed by atoms with van der Waals surface area (Å²) in [5.41, 5.74) is 3.38.